The number of anilines is 1. The van der Waals surface area contributed by atoms with Crippen LogP contribution in [-0.4, -0.2) is 29.0 Å². The third-order valence-corrected chi connectivity index (χ3v) is 6.04. The van der Waals surface area contributed by atoms with Crippen molar-refractivity contribution in [2.24, 2.45) is 0 Å². The summed E-state index contributed by atoms with van der Waals surface area (Å²) < 4.78 is 0. The molecule has 1 aromatic heterocycles. The van der Waals surface area contributed by atoms with Crippen LogP contribution in [-0.2, 0) is 13.0 Å². The van der Waals surface area contributed by atoms with Crippen LogP contribution < -0.4 is 10.6 Å². The van der Waals surface area contributed by atoms with Crippen molar-refractivity contribution in [3.05, 3.63) is 44.8 Å². The molecule has 0 saturated heterocycles. The standard InChI is InChI=1S/C17H18ClN3O2S/c1-2-21-6-5-10-13(8-21)24-17-14(10)16(23)19-15(20-17)11-7-9(18)3-4-12(11)22/h3-4,7,15,20,22H,2,5-6,8H2,1H3,(H,19,23)/t15-/m1/s1. The largest absolute Gasteiger partial charge is 0.508 e. The topological polar surface area (TPSA) is 64.6 Å². The predicted molar refractivity (Wildman–Crippen MR) is 95.9 cm³/mol. The highest BCUT2D eigenvalue weighted by Gasteiger charge is 2.33. The number of halogens is 1. The number of carbonyl (C=O) groups is 1. The van der Waals surface area contributed by atoms with Crippen molar-refractivity contribution in [1.82, 2.24) is 10.2 Å². The van der Waals surface area contributed by atoms with Crippen molar-refractivity contribution in [3.63, 3.8) is 0 Å². The van der Waals surface area contributed by atoms with Crippen molar-refractivity contribution in [3.8, 4) is 5.75 Å². The van der Waals surface area contributed by atoms with E-state index in [1.165, 1.54) is 10.4 Å². The number of carbonyl (C=O) groups excluding carboxylic acids is 1. The fourth-order valence-corrected chi connectivity index (χ4v) is 4.85. The Morgan fingerprint density at radius 2 is 2.25 bits per heavy atom. The molecule has 1 amide bonds. The van der Waals surface area contributed by atoms with E-state index in [9.17, 15) is 9.90 Å². The van der Waals surface area contributed by atoms with Gasteiger partial charge >= 0.3 is 0 Å². The zero-order valence-electron chi connectivity index (χ0n) is 13.2. The number of aromatic hydroxyl groups is 1. The van der Waals surface area contributed by atoms with Crippen LogP contribution in [0.1, 0.15) is 39.5 Å². The maximum Gasteiger partial charge on any atom is 0.256 e. The number of nitrogens with zero attached hydrogens (tertiary/aromatic N) is 1. The van der Waals surface area contributed by atoms with E-state index in [1.54, 1.807) is 29.5 Å². The number of likely N-dealkylation sites (N-methyl/N-ethyl adjacent to an activating group) is 1. The first-order chi connectivity index (χ1) is 11.6. The van der Waals surface area contributed by atoms with Gasteiger partial charge in [0, 0.05) is 28.6 Å². The number of phenolic OH excluding ortho intramolecular Hbond substituents is 1. The second-order valence-corrected chi connectivity index (χ2v) is 7.62. The molecule has 2 aliphatic rings. The van der Waals surface area contributed by atoms with Crippen LogP contribution in [0.3, 0.4) is 0 Å². The van der Waals surface area contributed by atoms with Crippen LogP contribution in [0.5, 0.6) is 5.75 Å². The van der Waals surface area contributed by atoms with Crippen molar-refractivity contribution in [2.75, 3.05) is 18.4 Å². The molecule has 7 heteroatoms. The second kappa shape index (κ2) is 5.95. The van der Waals surface area contributed by atoms with E-state index in [0.29, 0.717) is 10.6 Å². The number of benzene rings is 1. The van der Waals surface area contributed by atoms with Gasteiger partial charge in [-0.3, -0.25) is 9.69 Å². The van der Waals surface area contributed by atoms with Crippen LogP contribution in [0.15, 0.2) is 18.2 Å². The first-order valence-corrected chi connectivity index (χ1v) is 9.19. The van der Waals surface area contributed by atoms with E-state index in [0.717, 1.165) is 36.6 Å². The van der Waals surface area contributed by atoms with Gasteiger partial charge in [0.25, 0.3) is 5.91 Å². The molecule has 4 rings (SSSR count). The molecule has 1 atom stereocenters. The summed E-state index contributed by atoms with van der Waals surface area (Å²) >= 11 is 7.67. The average molecular weight is 364 g/mol. The molecule has 0 aliphatic carbocycles. The van der Waals surface area contributed by atoms with E-state index in [4.69, 9.17) is 11.6 Å². The lowest BCUT2D eigenvalue weighted by atomic mass is 10.00. The number of fused-ring (bicyclic) bond motifs is 3. The Bertz CT molecular complexity index is 820. The van der Waals surface area contributed by atoms with Gasteiger partial charge < -0.3 is 15.7 Å². The number of hydrogen-bond donors (Lipinski definition) is 3. The molecule has 1 aromatic carbocycles. The van der Waals surface area contributed by atoms with Gasteiger partial charge in [0.1, 0.15) is 16.9 Å². The molecule has 2 aliphatic heterocycles. The lowest BCUT2D eigenvalue weighted by Crippen LogP contribution is -2.38. The number of rotatable bonds is 2. The highest BCUT2D eigenvalue weighted by atomic mass is 35.5. The van der Waals surface area contributed by atoms with Crippen molar-refractivity contribution >= 4 is 33.8 Å². The molecule has 0 saturated carbocycles. The van der Waals surface area contributed by atoms with Crippen LogP contribution >= 0.6 is 22.9 Å². The molecule has 126 valence electrons. The maximum absolute atomic E-state index is 12.7. The zero-order valence-corrected chi connectivity index (χ0v) is 14.8. The molecule has 3 N–H and O–H groups in total. The number of hydrogen-bond acceptors (Lipinski definition) is 5. The van der Waals surface area contributed by atoms with E-state index in [1.807, 2.05) is 0 Å². The molecule has 0 spiro atoms. The minimum atomic E-state index is -0.480. The van der Waals surface area contributed by atoms with E-state index >= 15 is 0 Å². The van der Waals surface area contributed by atoms with Crippen LogP contribution in [0.25, 0.3) is 0 Å². The quantitative estimate of drug-likeness (QED) is 0.765. The van der Waals surface area contributed by atoms with Crippen molar-refractivity contribution in [2.45, 2.75) is 26.1 Å². The third kappa shape index (κ3) is 2.55. The van der Waals surface area contributed by atoms with Crippen molar-refractivity contribution in [1.29, 1.82) is 0 Å². The summed E-state index contributed by atoms with van der Waals surface area (Å²) in [5, 5.41) is 17.8. The molecule has 0 fully saturated rings. The van der Waals surface area contributed by atoms with Crippen LogP contribution in [0.2, 0.25) is 5.02 Å². The fourth-order valence-electron chi connectivity index (χ4n) is 3.35. The SMILES string of the molecule is CCN1CCc2c(sc3c2C(=O)N[C@@H](c2cc(Cl)ccc2O)N3)C1. The predicted octanol–water partition coefficient (Wildman–Crippen LogP) is 3.34. The average Bonchev–Trinajstić information content (AvgIpc) is 2.94. The van der Waals surface area contributed by atoms with E-state index < -0.39 is 6.17 Å². The van der Waals surface area contributed by atoms with Crippen LogP contribution in [0, 0.1) is 0 Å². The minimum Gasteiger partial charge on any atom is -0.508 e. The summed E-state index contributed by atoms with van der Waals surface area (Å²) in [4.78, 5) is 16.3. The molecule has 3 heterocycles. The van der Waals surface area contributed by atoms with Gasteiger partial charge in [-0.05, 0) is 36.7 Å². The summed E-state index contributed by atoms with van der Waals surface area (Å²) in [6, 6.07) is 4.84. The minimum absolute atomic E-state index is 0.0874. The Balaban J connectivity index is 1.70. The van der Waals surface area contributed by atoms with Gasteiger partial charge in [-0.15, -0.1) is 11.3 Å². The first kappa shape index (κ1) is 15.7. The van der Waals surface area contributed by atoms with E-state index in [-0.39, 0.29) is 11.7 Å². The Morgan fingerprint density at radius 1 is 1.42 bits per heavy atom. The summed E-state index contributed by atoms with van der Waals surface area (Å²) in [5.74, 6) is 0.0229. The fraction of sp³-hybridized carbons (Fsp3) is 0.353. The van der Waals surface area contributed by atoms with Gasteiger partial charge in [-0.2, -0.15) is 0 Å². The molecule has 5 nitrogen and oxygen atoms in total. The summed E-state index contributed by atoms with van der Waals surface area (Å²) in [6.07, 6.45) is 0.420. The number of thiophene rings is 1. The van der Waals surface area contributed by atoms with Gasteiger partial charge in [-0.1, -0.05) is 18.5 Å². The van der Waals surface area contributed by atoms with Crippen LogP contribution in [0.4, 0.5) is 5.00 Å². The number of nitrogens with one attached hydrogen (secondary N) is 2. The second-order valence-electron chi connectivity index (χ2n) is 6.08. The summed E-state index contributed by atoms with van der Waals surface area (Å²) in [5.41, 5.74) is 2.50. The highest BCUT2D eigenvalue weighted by molar-refractivity contribution is 7.16. The van der Waals surface area contributed by atoms with E-state index in [2.05, 4.69) is 22.5 Å². The van der Waals surface area contributed by atoms with Crippen molar-refractivity contribution < 1.29 is 9.90 Å². The lowest BCUT2D eigenvalue weighted by Gasteiger charge is -2.28. The molecular formula is C17H18ClN3O2S. The monoisotopic (exact) mass is 363 g/mol. The number of phenols is 1. The van der Waals surface area contributed by atoms with Gasteiger partial charge in [0.2, 0.25) is 0 Å². The Hall–Kier alpha value is -1.76. The summed E-state index contributed by atoms with van der Waals surface area (Å²) in [6.45, 7) is 5.05. The summed E-state index contributed by atoms with van der Waals surface area (Å²) in [7, 11) is 0. The molecule has 0 bridgehead atoms. The normalized spacial score (nSPS) is 20.1. The highest BCUT2D eigenvalue weighted by Crippen LogP contribution is 2.41. The third-order valence-electron chi connectivity index (χ3n) is 4.66. The number of amides is 1. The maximum atomic E-state index is 12.7. The van der Waals surface area contributed by atoms with Gasteiger partial charge in [0.05, 0.1) is 5.56 Å². The first-order valence-electron chi connectivity index (χ1n) is 7.99. The van der Waals surface area contributed by atoms with Gasteiger partial charge in [-0.25, -0.2) is 0 Å². The molecule has 24 heavy (non-hydrogen) atoms. The Kier molecular flexibility index (Phi) is 3.90. The molecule has 0 unspecified atom stereocenters. The lowest BCUT2D eigenvalue weighted by molar-refractivity contribution is 0.0934. The molecular weight excluding hydrogens is 346 g/mol. The zero-order chi connectivity index (χ0) is 16.8. The smallest absolute Gasteiger partial charge is 0.256 e. The van der Waals surface area contributed by atoms with Gasteiger partial charge in [0.15, 0.2) is 0 Å². The molecule has 2 aromatic rings. The Labute approximate surface area is 149 Å². The Morgan fingerprint density at radius 3 is 3.04 bits per heavy atom. The molecule has 0 radical (unpaired) electrons.